The second-order valence-electron chi connectivity index (χ2n) is 6.13. The normalized spacial score (nSPS) is 10.8. The fourth-order valence-electron chi connectivity index (χ4n) is 2.73. The molecule has 0 spiro atoms. The molecule has 4 aromatic rings. The maximum absolute atomic E-state index is 12.4. The minimum atomic E-state index is -0.543. The number of nitrogens with zero attached hydrogens (tertiary/aromatic N) is 3. The summed E-state index contributed by atoms with van der Waals surface area (Å²) in [6.45, 7) is 0. The molecular weight excluding hydrogens is 444 g/mol. The van der Waals surface area contributed by atoms with E-state index in [4.69, 9.17) is 11.6 Å². The number of thiophene rings is 1. The number of carbonyl (C=O) groups is 1. The van der Waals surface area contributed by atoms with E-state index in [-0.39, 0.29) is 22.4 Å². The van der Waals surface area contributed by atoms with Crippen LogP contribution in [0.25, 0.3) is 20.7 Å². The van der Waals surface area contributed by atoms with Gasteiger partial charge in [-0.15, -0.1) is 11.3 Å². The Kier molecular flexibility index (Phi) is 5.93. The van der Waals surface area contributed by atoms with Gasteiger partial charge in [0, 0.05) is 22.4 Å². The molecule has 0 radical (unpaired) electrons. The number of non-ortho nitro benzene ring substituents is 1. The quantitative estimate of drug-likeness (QED) is 0.174. The van der Waals surface area contributed by atoms with E-state index in [1.165, 1.54) is 36.3 Å². The van der Waals surface area contributed by atoms with Crippen LogP contribution in [0.15, 0.2) is 66.0 Å². The number of carbonyl (C=O) groups excluding carboxylic acids is 1. The van der Waals surface area contributed by atoms with E-state index in [0.29, 0.717) is 10.7 Å². The van der Waals surface area contributed by atoms with Crippen molar-refractivity contribution in [3.63, 3.8) is 0 Å². The first-order valence-electron chi connectivity index (χ1n) is 8.68. The van der Waals surface area contributed by atoms with Crippen LogP contribution >= 0.6 is 34.7 Å². The van der Waals surface area contributed by atoms with E-state index in [0.717, 1.165) is 20.7 Å². The number of benzene rings is 2. The van der Waals surface area contributed by atoms with Crippen LogP contribution in [0.2, 0.25) is 5.02 Å². The lowest BCUT2D eigenvalue weighted by atomic mass is 10.2. The molecule has 0 unspecified atom stereocenters. The molecule has 10 heteroatoms. The number of amides is 1. The molecule has 0 aliphatic heterocycles. The lowest BCUT2D eigenvalue weighted by molar-refractivity contribution is -0.384. The zero-order valence-corrected chi connectivity index (χ0v) is 17.6. The molecule has 7 nitrogen and oxygen atoms in total. The smallest absolute Gasteiger partial charge is 0.271 e. The maximum atomic E-state index is 12.4. The number of thioether (sulfide) groups is 1. The van der Waals surface area contributed by atoms with Gasteiger partial charge in [0.25, 0.3) is 5.69 Å². The number of nitro benzene ring substituents is 1. The molecule has 150 valence electrons. The number of fused-ring (bicyclic) bond motifs is 1. The second kappa shape index (κ2) is 8.78. The third kappa shape index (κ3) is 4.43. The van der Waals surface area contributed by atoms with E-state index < -0.39 is 4.92 Å². The summed E-state index contributed by atoms with van der Waals surface area (Å²) in [5.41, 5.74) is 1.28. The number of halogens is 1. The molecular formula is C20H13ClN4O3S2. The Morgan fingerprint density at radius 2 is 1.97 bits per heavy atom. The van der Waals surface area contributed by atoms with E-state index in [2.05, 4.69) is 15.3 Å². The lowest BCUT2D eigenvalue weighted by Crippen LogP contribution is -2.14. The Hall–Kier alpha value is -3.01. The number of rotatable bonds is 6. The van der Waals surface area contributed by atoms with Crippen LogP contribution in [-0.2, 0) is 4.79 Å². The summed E-state index contributed by atoms with van der Waals surface area (Å²) in [5.74, 6) is -0.184. The molecule has 2 aromatic carbocycles. The molecule has 0 aliphatic rings. The molecule has 0 saturated heterocycles. The summed E-state index contributed by atoms with van der Waals surface area (Å²) < 4.78 is 0. The minimum absolute atomic E-state index is 0.107. The molecule has 0 fully saturated rings. The number of anilines is 1. The van der Waals surface area contributed by atoms with Gasteiger partial charge in [-0.3, -0.25) is 14.9 Å². The van der Waals surface area contributed by atoms with Gasteiger partial charge >= 0.3 is 0 Å². The monoisotopic (exact) mass is 456 g/mol. The fraction of sp³-hybridized carbons (Fsp3) is 0.0500. The molecule has 0 bridgehead atoms. The molecule has 0 saturated carbocycles. The average Bonchev–Trinajstić information content (AvgIpc) is 3.19. The average molecular weight is 457 g/mol. The number of aromatic nitrogens is 2. The Morgan fingerprint density at radius 1 is 1.17 bits per heavy atom. The predicted molar refractivity (Wildman–Crippen MR) is 120 cm³/mol. The van der Waals surface area contributed by atoms with Gasteiger partial charge in [0.05, 0.1) is 21.4 Å². The second-order valence-corrected chi connectivity index (χ2v) is 8.53. The summed E-state index contributed by atoms with van der Waals surface area (Å²) in [7, 11) is 0. The summed E-state index contributed by atoms with van der Waals surface area (Å²) in [6.07, 6.45) is 1.49. The third-order valence-electron chi connectivity index (χ3n) is 4.13. The van der Waals surface area contributed by atoms with Crippen LogP contribution in [0.1, 0.15) is 0 Å². The number of hydrogen-bond acceptors (Lipinski definition) is 7. The van der Waals surface area contributed by atoms with Crippen LogP contribution in [0.4, 0.5) is 11.4 Å². The van der Waals surface area contributed by atoms with Gasteiger partial charge in [0.1, 0.15) is 16.2 Å². The lowest BCUT2D eigenvalue weighted by Gasteiger charge is -2.07. The Labute approximate surface area is 184 Å². The van der Waals surface area contributed by atoms with Crippen molar-refractivity contribution >= 4 is 62.2 Å². The van der Waals surface area contributed by atoms with Crippen molar-refractivity contribution in [1.29, 1.82) is 0 Å². The predicted octanol–water partition coefficient (Wildman–Crippen LogP) is 5.65. The summed E-state index contributed by atoms with van der Waals surface area (Å²) in [5, 5.41) is 15.2. The highest BCUT2D eigenvalue weighted by Crippen LogP contribution is 2.36. The third-order valence-corrected chi connectivity index (χ3v) is 6.54. The van der Waals surface area contributed by atoms with Crippen LogP contribution in [0, 0.1) is 10.1 Å². The summed E-state index contributed by atoms with van der Waals surface area (Å²) >= 11 is 8.89. The Bertz CT molecular complexity index is 1250. The molecule has 0 aliphatic carbocycles. The van der Waals surface area contributed by atoms with Crippen molar-refractivity contribution in [3.8, 4) is 10.4 Å². The highest BCUT2D eigenvalue weighted by Gasteiger charge is 2.14. The van der Waals surface area contributed by atoms with E-state index in [1.807, 2.05) is 36.4 Å². The first-order valence-corrected chi connectivity index (χ1v) is 10.9. The first kappa shape index (κ1) is 20.3. The molecule has 2 aromatic heterocycles. The number of nitro groups is 1. The van der Waals surface area contributed by atoms with E-state index >= 15 is 0 Å². The van der Waals surface area contributed by atoms with Gasteiger partial charge in [-0.1, -0.05) is 53.7 Å². The van der Waals surface area contributed by atoms with Gasteiger partial charge in [0.2, 0.25) is 5.91 Å². The number of hydrogen-bond donors (Lipinski definition) is 1. The zero-order chi connectivity index (χ0) is 21.1. The molecule has 30 heavy (non-hydrogen) atoms. The first-order chi connectivity index (χ1) is 14.5. The summed E-state index contributed by atoms with van der Waals surface area (Å²) in [4.78, 5) is 33.2. The molecule has 4 rings (SSSR count). The van der Waals surface area contributed by atoms with Gasteiger partial charge in [-0.2, -0.15) is 0 Å². The van der Waals surface area contributed by atoms with Crippen LogP contribution < -0.4 is 5.32 Å². The summed E-state index contributed by atoms with van der Waals surface area (Å²) in [6, 6.07) is 15.9. The van der Waals surface area contributed by atoms with Crippen molar-refractivity contribution in [3.05, 3.63) is 76.1 Å². The fourth-order valence-corrected chi connectivity index (χ4v) is 4.80. The van der Waals surface area contributed by atoms with Gasteiger partial charge in [-0.25, -0.2) is 9.97 Å². The van der Waals surface area contributed by atoms with Crippen LogP contribution in [-0.4, -0.2) is 26.6 Å². The highest BCUT2D eigenvalue weighted by atomic mass is 35.5. The Balaban J connectivity index is 1.48. The SMILES string of the molecule is O=C(CSc1ncnc2sc(-c3ccccc3)cc12)Nc1ccc([N+](=O)[O-])cc1Cl. The van der Waals surface area contributed by atoms with Crippen LogP contribution in [0.3, 0.4) is 0 Å². The molecule has 1 amide bonds. The highest BCUT2D eigenvalue weighted by molar-refractivity contribution is 8.00. The zero-order valence-electron chi connectivity index (χ0n) is 15.2. The van der Waals surface area contributed by atoms with Crippen molar-refractivity contribution in [2.45, 2.75) is 5.03 Å². The Morgan fingerprint density at radius 3 is 2.70 bits per heavy atom. The van der Waals surface area contributed by atoms with Gasteiger partial charge in [-0.05, 0) is 17.7 Å². The van der Waals surface area contributed by atoms with Crippen molar-refractivity contribution in [2.24, 2.45) is 0 Å². The van der Waals surface area contributed by atoms with Crippen molar-refractivity contribution in [2.75, 3.05) is 11.1 Å². The largest absolute Gasteiger partial charge is 0.324 e. The molecule has 0 atom stereocenters. The van der Waals surface area contributed by atoms with Crippen molar-refractivity contribution in [1.82, 2.24) is 9.97 Å². The maximum Gasteiger partial charge on any atom is 0.271 e. The van der Waals surface area contributed by atoms with Gasteiger partial charge < -0.3 is 5.32 Å². The standard InChI is InChI=1S/C20H13ClN4O3S2/c21-15-8-13(25(27)28)6-7-16(15)24-18(26)10-29-19-14-9-17(12-4-2-1-3-5-12)30-20(14)23-11-22-19/h1-9,11H,10H2,(H,24,26). The van der Waals surface area contributed by atoms with Crippen LogP contribution in [0.5, 0.6) is 0 Å². The topological polar surface area (TPSA) is 98.0 Å². The number of nitrogens with one attached hydrogen (secondary N) is 1. The van der Waals surface area contributed by atoms with E-state index in [9.17, 15) is 14.9 Å². The van der Waals surface area contributed by atoms with Crippen molar-refractivity contribution < 1.29 is 9.72 Å². The van der Waals surface area contributed by atoms with E-state index in [1.54, 1.807) is 11.3 Å². The van der Waals surface area contributed by atoms with Gasteiger partial charge in [0.15, 0.2) is 0 Å². The molecule has 1 N–H and O–H groups in total. The molecule has 2 heterocycles. The minimum Gasteiger partial charge on any atom is -0.324 e.